The molecule has 1 aromatic rings. The first kappa shape index (κ1) is 10.0. The number of hydrogen-bond acceptors (Lipinski definition) is 1. The second-order valence-electron chi connectivity index (χ2n) is 3.93. The number of phenolic OH excluding ortho intramolecular Hbond substituents is 1. The molecule has 0 atom stereocenters. The van der Waals surface area contributed by atoms with Crippen molar-refractivity contribution in [3.05, 3.63) is 29.8 Å². The van der Waals surface area contributed by atoms with E-state index in [1.54, 1.807) is 16.4 Å². The summed E-state index contributed by atoms with van der Waals surface area (Å²) >= 11 is 2.70. The van der Waals surface area contributed by atoms with Gasteiger partial charge in [-0.2, -0.15) is 0 Å². The molecule has 0 radical (unpaired) electrons. The summed E-state index contributed by atoms with van der Waals surface area (Å²) in [6.07, 6.45) is 5.00. The molecular weight excluding hydrogens is 211 g/mol. The van der Waals surface area contributed by atoms with Crippen molar-refractivity contribution >= 4 is 4.23 Å². The van der Waals surface area contributed by atoms with Crippen LogP contribution in [-0.2, 0) is 17.0 Å². The molecule has 0 bridgehead atoms. The normalized spacial score (nSPS) is 18.4. The molecule has 1 aromatic carbocycles. The Balaban J connectivity index is 2.08. The molecule has 1 saturated carbocycles. The van der Waals surface area contributed by atoms with Gasteiger partial charge in [0, 0.05) is 0 Å². The summed E-state index contributed by atoms with van der Waals surface area (Å²) in [4.78, 5) is 0. The fourth-order valence-corrected chi connectivity index (χ4v) is 2.43. The fraction of sp³-hybridized carbons (Fsp3) is 0.417. The van der Waals surface area contributed by atoms with Crippen molar-refractivity contribution in [2.75, 3.05) is 0 Å². The first-order valence-electron chi connectivity index (χ1n) is 5.08. The fourth-order valence-electron chi connectivity index (χ4n) is 2.03. The van der Waals surface area contributed by atoms with E-state index < -0.39 is 0 Å². The molecule has 0 aromatic heterocycles. The van der Waals surface area contributed by atoms with E-state index in [4.69, 9.17) is 0 Å². The van der Waals surface area contributed by atoms with Crippen LogP contribution >= 0.6 is 0 Å². The molecule has 1 N–H and O–H groups in total. The summed E-state index contributed by atoms with van der Waals surface area (Å²) in [5.74, 6) is 1.06. The first-order chi connectivity index (χ1) is 6.75. The Morgan fingerprint density at radius 3 is 2.21 bits per heavy atom. The van der Waals surface area contributed by atoms with E-state index in [0.717, 1.165) is 0 Å². The van der Waals surface area contributed by atoms with Gasteiger partial charge in [-0.15, -0.1) is 0 Å². The van der Waals surface area contributed by atoms with Crippen molar-refractivity contribution in [1.29, 1.82) is 0 Å². The van der Waals surface area contributed by atoms with Gasteiger partial charge in [0.15, 0.2) is 0 Å². The molecule has 2 heteroatoms. The van der Waals surface area contributed by atoms with Gasteiger partial charge in [0.2, 0.25) is 0 Å². The maximum absolute atomic E-state index is 9.19. The molecule has 73 valence electrons. The molecule has 0 aliphatic heterocycles. The van der Waals surface area contributed by atoms with Gasteiger partial charge < -0.3 is 0 Å². The summed E-state index contributed by atoms with van der Waals surface area (Å²) in [6, 6.07) is 7.68. The van der Waals surface area contributed by atoms with E-state index in [1.807, 2.05) is 0 Å². The molecule has 1 nitrogen and oxygen atoms in total. The summed E-state index contributed by atoms with van der Waals surface area (Å²) in [6.45, 7) is 0. The van der Waals surface area contributed by atoms with Crippen LogP contribution in [0.4, 0.5) is 0 Å². The SMILES string of the molecule is Oc1ccc(C2CC[C](=[V])CC2)cc1. The van der Waals surface area contributed by atoms with Crippen molar-refractivity contribution in [2.45, 2.75) is 31.6 Å². The van der Waals surface area contributed by atoms with Gasteiger partial charge in [0.1, 0.15) is 0 Å². The van der Waals surface area contributed by atoms with Crippen LogP contribution in [0.5, 0.6) is 5.75 Å². The van der Waals surface area contributed by atoms with E-state index in [-0.39, 0.29) is 0 Å². The quantitative estimate of drug-likeness (QED) is 0.779. The van der Waals surface area contributed by atoms with Crippen molar-refractivity contribution in [1.82, 2.24) is 0 Å². The summed E-state index contributed by atoms with van der Waals surface area (Å²) < 4.78 is 1.58. The van der Waals surface area contributed by atoms with Gasteiger partial charge in [-0.05, 0) is 0 Å². The molecule has 2 rings (SSSR count). The number of aromatic hydroxyl groups is 1. The summed E-state index contributed by atoms with van der Waals surface area (Å²) in [7, 11) is 0. The Kier molecular flexibility index (Phi) is 3.10. The van der Waals surface area contributed by atoms with Gasteiger partial charge in [-0.1, -0.05) is 0 Å². The van der Waals surface area contributed by atoms with Gasteiger partial charge in [0.05, 0.1) is 0 Å². The van der Waals surface area contributed by atoms with Gasteiger partial charge in [-0.25, -0.2) is 0 Å². The molecule has 0 spiro atoms. The van der Waals surface area contributed by atoms with E-state index in [2.05, 4.69) is 29.1 Å². The van der Waals surface area contributed by atoms with E-state index in [1.165, 1.54) is 31.2 Å². The molecule has 0 amide bonds. The molecule has 0 heterocycles. The Morgan fingerprint density at radius 2 is 1.64 bits per heavy atom. The van der Waals surface area contributed by atoms with Gasteiger partial charge in [0.25, 0.3) is 0 Å². The van der Waals surface area contributed by atoms with Crippen LogP contribution in [0, 0.1) is 0 Å². The van der Waals surface area contributed by atoms with Gasteiger partial charge >= 0.3 is 93.5 Å². The maximum atomic E-state index is 9.19. The summed E-state index contributed by atoms with van der Waals surface area (Å²) in [5.41, 5.74) is 1.38. The second-order valence-corrected chi connectivity index (χ2v) is 4.92. The Morgan fingerprint density at radius 1 is 1.07 bits per heavy atom. The zero-order chi connectivity index (χ0) is 9.97. The summed E-state index contributed by atoms with van der Waals surface area (Å²) in [5, 5.41) is 9.19. The minimum atomic E-state index is 0.365. The number of hydrogen-bond donors (Lipinski definition) is 1. The monoisotopic (exact) mass is 225 g/mol. The van der Waals surface area contributed by atoms with Crippen LogP contribution in [0.3, 0.4) is 0 Å². The van der Waals surface area contributed by atoms with Crippen LogP contribution in [0.15, 0.2) is 24.3 Å². The number of phenols is 1. The van der Waals surface area contributed by atoms with Crippen molar-refractivity contribution in [3.8, 4) is 5.75 Å². The molecule has 0 unspecified atom stereocenters. The molecule has 1 aliphatic rings. The van der Waals surface area contributed by atoms with Crippen LogP contribution in [0.1, 0.15) is 37.2 Å². The average molecular weight is 225 g/mol. The van der Waals surface area contributed by atoms with E-state index >= 15 is 0 Å². The van der Waals surface area contributed by atoms with Crippen LogP contribution in [0.25, 0.3) is 0 Å². The van der Waals surface area contributed by atoms with Gasteiger partial charge in [-0.3, -0.25) is 0 Å². The predicted molar refractivity (Wildman–Crippen MR) is 54.3 cm³/mol. The van der Waals surface area contributed by atoms with Crippen LogP contribution in [-0.4, -0.2) is 9.33 Å². The van der Waals surface area contributed by atoms with Crippen molar-refractivity contribution < 1.29 is 22.1 Å². The molecule has 0 saturated heterocycles. The van der Waals surface area contributed by atoms with Crippen LogP contribution in [0.2, 0.25) is 0 Å². The minimum absolute atomic E-state index is 0.365. The average Bonchev–Trinajstić information content (AvgIpc) is 2.21. The van der Waals surface area contributed by atoms with Crippen molar-refractivity contribution in [3.63, 3.8) is 0 Å². The zero-order valence-corrected chi connectivity index (χ0v) is 9.51. The topological polar surface area (TPSA) is 20.2 Å². The Bertz CT molecular complexity index is 319. The third-order valence-corrected chi connectivity index (χ3v) is 3.63. The third-order valence-electron chi connectivity index (χ3n) is 2.93. The standard InChI is InChI=1S/C12H14O.V/c13-12-8-6-11(7-9-12)10-4-2-1-3-5-10;/h6-10,13H,2-5H2;. The molecule has 1 aliphatic carbocycles. The number of rotatable bonds is 1. The Hall–Kier alpha value is -0.526. The van der Waals surface area contributed by atoms with E-state index in [0.29, 0.717) is 11.7 Å². The molecular formula is C12H14OV. The Labute approximate surface area is 93.6 Å². The first-order valence-corrected chi connectivity index (χ1v) is 5.78. The van der Waals surface area contributed by atoms with E-state index in [9.17, 15) is 5.11 Å². The third kappa shape index (κ3) is 2.28. The molecule has 14 heavy (non-hydrogen) atoms. The van der Waals surface area contributed by atoms with Crippen molar-refractivity contribution in [2.24, 2.45) is 0 Å². The second kappa shape index (κ2) is 4.33. The van der Waals surface area contributed by atoms with Crippen LogP contribution < -0.4 is 0 Å². The predicted octanol–water partition coefficient (Wildman–Crippen LogP) is 2.77. The molecule has 1 fully saturated rings. The number of benzene rings is 1. The zero-order valence-electron chi connectivity index (χ0n) is 8.11.